The number of thioether (sulfide) groups is 1. The van der Waals surface area contributed by atoms with Crippen LogP contribution in [0.4, 0.5) is 13.2 Å². The molecule has 0 aromatic carbocycles. The highest BCUT2D eigenvalue weighted by molar-refractivity contribution is 7.99. The first-order chi connectivity index (χ1) is 19.0. The number of unbranched alkanes of at least 4 members (excludes halogenated alkanes) is 8. The Morgan fingerprint density at radius 2 is 1.55 bits per heavy atom. The number of carbonyl (C=O) groups excluding carboxylic acids is 3. The lowest BCUT2D eigenvalue weighted by Crippen LogP contribution is -2.52. The molecule has 0 aromatic rings. The maximum atomic E-state index is 12.6. The van der Waals surface area contributed by atoms with Crippen LogP contribution in [0.25, 0.3) is 0 Å². The number of rotatable bonds is 23. The summed E-state index contributed by atoms with van der Waals surface area (Å²) < 4.78 is 42.2. The fourth-order valence-corrected chi connectivity index (χ4v) is 4.58. The molecule has 0 saturated carbocycles. The summed E-state index contributed by atoms with van der Waals surface area (Å²) in [5.41, 5.74) is -1.03. The number of aliphatic hydroxyl groups excluding tert-OH is 2. The molecule has 2 unspecified atom stereocenters. The molecule has 232 valence electrons. The molecule has 0 aliphatic carbocycles. The van der Waals surface area contributed by atoms with Crippen molar-refractivity contribution >= 4 is 29.5 Å². The summed E-state index contributed by atoms with van der Waals surface area (Å²) >= 11 is 0.787. The van der Waals surface area contributed by atoms with E-state index in [-0.39, 0.29) is 12.2 Å². The van der Waals surface area contributed by atoms with Gasteiger partial charge in [0.2, 0.25) is 5.91 Å². The van der Waals surface area contributed by atoms with Gasteiger partial charge in [-0.05, 0) is 38.5 Å². The highest BCUT2D eigenvalue weighted by Crippen LogP contribution is 2.19. The van der Waals surface area contributed by atoms with E-state index in [1.54, 1.807) is 5.32 Å². The molecule has 2 amide bonds. The molecule has 0 rings (SSSR count). The Bertz CT molecular complexity index is 765. The topological polar surface area (TPSA) is 125 Å². The van der Waals surface area contributed by atoms with E-state index in [0.717, 1.165) is 25.3 Å². The molecular formula is C28H47F3N2O6S. The number of aliphatic hydroxyl groups is 2. The fourth-order valence-electron chi connectivity index (χ4n) is 3.60. The Morgan fingerprint density at radius 1 is 0.925 bits per heavy atom. The zero-order valence-corrected chi connectivity index (χ0v) is 24.5. The van der Waals surface area contributed by atoms with Gasteiger partial charge in [-0.1, -0.05) is 76.2 Å². The lowest BCUT2D eigenvalue weighted by Gasteiger charge is -2.20. The zero-order valence-electron chi connectivity index (χ0n) is 23.7. The lowest BCUT2D eigenvalue weighted by atomic mass is 10.1. The molecule has 8 nitrogen and oxygen atoms in total. The molecule has 0 heterocycles. The van der Waals surface area contributed by atoms with E-state index in [1.807, 2.05) is 18.2 Å². The highest BCUT2D eigenvalue weighted by atomic mass is 32.2. The van der Waals surface area contributed by atoms with Crippen LogP contribution in [0.1, 0.15) is 90.4 Å². The third-order valence-electron chi connectivity index (χ3n) is 5.97. The van der Waals surface area contributed by atoms with Gasteiger partial charge in [-0.15, -0.1) is 11.8 Å². The Morgan fingerprint density at radius 3 is 2.17 bits per heavy atom. The summed E-state index contributed by atoms with van der Waals surface area (Å²) in [4.78, 5) is 34.6. The first-order valence-corrected chi connectivity index (χ1v) is 15.1. The van der Waals surface area contributed by atoms with Gasteiger partial charge in [0.05, 0.1) is 18.6 Å². The Hall–Kier alpha value is -2.05. The number of allylic oxidation sites excluding steroid dienone is 3. The van der Waals surface area contributed by atoms with Crippen molar-refractivity contribution in [3.8, 4) is 0 Å². The smallest absolute Gasteiger partial charge is 0.468 e. The first-order valence-electron chi connectivity index (χ1n) is 14.0. The average Bonchev–Trinajstić information content (AvgIpc) is 2.91. The first kappa shape index (κ1) is 38.0. The van der Waals surface area contributed by atoms with Gasteiger partial charge in [-0.3, -0.25) is 14.4 Å². The Balaban J connectivity index is 4.22. The van der Waals surface area contributed by atoms with Gasteiger partial charge in [0.1, 0.15) is 12.6 Å². The summed E-state index contributed by atoms with van der Waals surface area (Å²) in [6.07, 6.45) is 14.9. The molecule has 0 aliphatic rings. The predicted molar refractivity (Wildman–Crippen MR) is 151 cm³/mol. The minimum absolute atomic E-state index is 0.230. The minimum atomic E-state index is -5.20. The van der Waals surface area contributed by atoms with Gasteiger partial charge in [-0.2, -0.15) is 13.2 Å². The molecule has 0 aliphatic heterocycles. The number of methoxy groups -OCH3 is 1. The van der Waals surface area contributed by atoms with Crippen LogP contribution in [-0.4, -0.2) is 71.2 Å². The number of hydrogen-bond donors (Lipinski definition) is 4. The van der Waals surface area contributed by atoms with Gasteiger partial charge in [0, 0.05) is 5.75 Å². The SMILES string of the molecule is CCCCCCCCCCC=CC=CC[C@@H](O)CCCC(O)SCC(NC(=O)C(F)(F)F)C(=O)NCC(=O)OC. The Labute approximate surface area is 240 Å². The van der Waals surface area contributed by atoms with Crippen molar-refractivity contribution in [3.63, 3.8) is 0 Å². The second kappa shape index (κ2) is 23.6. The van der Waals surface area contributed by atoms with Crippen molar-refractivity contribution in [3.05, 3.63) is 24.3 Å². The van der Waals surface area contributed by atoms with E-state index in [1.165, 1.54) is 51.4 Å². The number of amides is 2. The summed E-state index contributed by atoms with van der Waals surface area (Å²) in [5.74, 6) is -4.49. The van der Waals surface area contributed by atoms with E-state index in [9.17, 15) is 37.8 Å². The molecule has 0 saturated heterocycles. The van der Waals surface area contributed by atoms with Crippen LogP contribution < -0.4 is 10.6 Å². The van der Waals surface area contributed by atoms with E-state index >= 15 is 0 Å². The van der Waals surface area contributed by atoms with Crippen molar-refractivity contribution < 1.29 is 42.5 Å². The van der Waals surface area contributed by atoms with Crippen LogP contribution in [0, 0.1) is 0 Å². The third kappa shape index (κ3) is 21.7. The van der Waals surface area contributed by atoms with E-state index in [4.69, 9.17) is 0 Å². The van der Waals surface area contributed by atoms with Crippen molar-refractivity contribution in [2.24, 2.45) is 0 Å². The van der Waals surface area contributed by atoms with E-state index in [2.05, 4.69) is 23.1 Å². The normalized spacial score (nSPS) is 14.3. The number of halogens is 3. The molecule has 0 spiro atoms. The summed E-state index contributed by atoms with van der Waals surface area (Å²) in [6.45, 7) is 1.64. The number of esters is 1. The monoisotopic (exact) mass is 596 g/mol. The summed E-state index contributed by atoms with van der Waals surface area (Å²) in [5, 5.41) is 23.9. The van der Waals surface area contributed by atoms with Crippen molar-refractivity contribution in [1.29, 1.82) is 0 Å². The zero-order chi connectivity index (χ0) is 30.2. The van der Waals surface area contributed by atoms with Crippen LogP contribution in [0.2, 0.25) is 0 Å². The fraction of sp³-hybridized carbons (Fsp3) is 0.750. The number of hydrogen-bond acceptors (Lipinski definition) is 7. The number of ether oxygens (including phenoxy) is 1. The van der Waals surface area contributed by atoms with Gasteiger partial charge in [0.15, 0.2) is 0 Å². The number of carbonyl (C=O) groups is 3. The predicted octanol–water partition coefficient (Wildman–Crippen LogP) is 4.94. The lowest BCUT2D eigenvalue weighted by molar-refractivity contribution is -0.174. The standard InChI is InChI=1S/C28H47F3N2O6S/c1-3-4-5-6-7-8-9-10-11-12-13-14-15-17-22(34)18-16-19-25(36)40-21-23(33-27(38)28(29,30)31)26(37)32-20-24(35)39-2/h12-15,22-23,25,34,36H,3-11,16-21H2,1-2H3,(H,32,37)(H,33,38)/t22-,23?,25?/m1/s1. The van der Waals surface area contributed by atoms with Crippen molar-refractivity contribution in [1.82, 2.24) is 10.6 Å². The average molecular weight is 597 g/mol. The Kier molecular flexibility index (Phi) is 22.4. The van der Waals surface area contributed by atoms with Crippen LogP contribution in [-0.2, 0) is 19.1 Å². The maximum absolute atomic E-state index is 12.6. The molecule has 4 N–H and O–H groups in total. The molecule has 3 atom stereocenters. The van der Waals surface area contributed by atoms with Crippen molar-refractivity contribution in [2.45, 2.75) is 114 Å². The van der Waals surface area contributed by atoms with E-state index < -0.39 is 48.1 Å². The largest absolute Gasteiger partial charge is 0.471 e. The molecule has 0 aromatic heterocycles. The minimum Gasteiger partial charge on any atom is -0.468 e. The molecule has 0 bridgehead atoms. The van der Waals surface area contributed by atoms with Crippen molar-refractivity contribution in [2.75, 3.05) is 19.4 Å². The van der Waals surface area contributed by atoms with Gasteiger partial charge < -0.3 is 25.6 Å². The van der Waals surface area contributed by atoms with Gasteiger partial charge in [0.25, 0.3) is 0 Å². The summed E-state index contributed by atoms with van der Waals surface area (Å²) in [7, 11) is 1.08. The molecule has 0 fully saturated rings. The second-order valence-corrected chi connectivity index (χ2v) is 10.8. The highest BCUT2D eigenvalue weighted by Gasteiger charge is 2.41. The number of nitrogens with one attached hydrogen (secondary N) is 2. The van der Waals surface area contributed by atoms with Crippen LogP contribution in [0.5, 0.6) is 0 Å². The molecule has 40 heavy (non-hydrogen) atoms. The second-order valence-electron chi connectivity index (χ2n) is 9.55. The van der Waals surface area contributed by atoms with Crippen LogP contribution >= 0.6 is 11.8 Å². The number of alkyl halides is 3. The maximum Gasteiger partial charge on any atom is 0.471 e. The molecule has 0 radical (unpaired) electrons. The molecule has 12 heteroatoms. The quantitative estimate of drug-likeness (QED) is 0.0570. The van der Waals surface area contributed by atoms with E-state index in [0.29, 0.717) is 19.3 Å². The summed E-state index contributed by atoms with van der Waals surface area (Å²) in [6, 6.07) is -1.63. The molecular weight excluding hydrogens is 549 g/mol. The van der Waals surface area contributed by atoms with Gasteiger partial charge >= 0.3 is 18.1 Å². The third-order valence-corrected chi connectivity index (χ3v) is 7.12. The van der Waals surface area contributed by atoms with Crippen LogP contribution in [0.3, 0.4) is 0 Å². The van der Waals surface area contributed by atoms with Gasteiger partial charge in [-0.25, -0.2) is 0 Å². The van der Waals surface area contributed by atoms with Crippen LogP contribution in [0.15, 0.2) is 24.3 Å².